The van der Waals surface area contributed by atoms with E-state index in [0.29, 0.717) is 11.4 Å². The number of nitroso groups, excluding NO2 is 1. The van der Waals surface area contributed by atoms with E-state index in [2.05, 4.69) is 5.18 Å². The molecule has 0 unspecified atom stereocenters. The number of hydrogen-bond donors (Lipinski definition) is 2. The van der Waals surface area contributed by atoms with Gasteiger partial charge in [-0.3, -0.25) is 20.2 Å². The van der Waals surface area contributed by atoms with Crippen LogP contribution in [-0.2, 0) is 0 Å². The van der Waals surface area contributed by atoms with Crippen LogP contribution in [0.5, 0.6) is 0 Å². The van der Waals surface area contributed by atoms with Crippen molar-refractivity contribution >= 4 is 28.4 Å². The summed E-state index contributed by atoms with van der Waals surface area (Å²) in [4.78, 5) is 29.1. The van der Waals surface area contributed by atoms with Crippen molar-refractivity contribution in [1.82, 2.24) is 0 Å². The fourth-order valence-corrected chi connectivity index (χ4v) is 1.77. The summed E-state index contributed by atoms with van der Waals surface area (Å²) in [6, 6.07) is 20.7. The fraction of sp³-hybridized carbons (Fsp3) is 0. The van der Waals surface area contributed by atoms with Gasteiger partial charge in [-0.2, -0.15) is 0 Å². The summed E-state index contributed by atoms with van der Waals surface area (Å²) in [5, 5.41) is 22.8. The van der Waals surface area contributed by atoms with Crippen LogP contribution >= 0.6 is 0 Å². The van der Waals surface area contributed by atoms with E-state index in [1.165, 1.54) is 24.3 Å². The smallest absolute Gasteiger partial charge is 0.292 e. The maximum Gasteiger partial charge on any atom is 0.292 e. The van der Waals surface area contributed by atoms with Crippen molar-refractivity contribution in [2.24, 2.45) is 5.18 Å². The molecule has 3 aromatic rings. The quantitative estimate of drug-likeness (QED) is 0.291. The van der Waals surface area contributed by atoms with Gasteiger partial charge >= 0.3 is 0 Å². The topological polar surface area (TPSA) is 168 Å². The molecule has 10 nitrogen and oxygen atoms in total. The standard InChI is InChI=1S/C6H6N2O2.C6H6N2O.C6H5NO2/c7-5-3-1-2-4-6(5)8(9)10;7-5-3-1-2-4-6(5)8-9;8-7(9)6-4-2-1-3-5-6/h1-4H,7H2;1-4H,7H2;1-5H. The highest BCUT2D eigenvalue weighted by atomic mass is 16.6. The maximum absolute atomic E-state index is 10.1. The summed E-state index contributed by atoms with van der Waals surface area (Å²) in [7, 11) is 0. The molecule has 10 heteroatoms. The molecule has 0 aliphatic carbocycles. The highest BCUT2D eigenvalue weighted by Crippen LogP contribution is 2.19. The van der Waals surface area contributed by atoms with Crippen molar-refractivity contribution in [3.05, 3.63) is 104 Å². The van der Waals surface area contributed by atoms with Crippen molar-refractivity contribution in [1.29, 1.82) is 0 Å². The van der Waals surface area contributed by atoms with Crippen LogP contribution in [0, 0.1) is 25.1 Å². The summed E-state index contributed by atoms with van der Waals surface area (Å²) < 4.78 is 0. The van der Waals surface area contributed by atoms with Gasteiger partial charge in [-0.05, 0) is 23.4 Å². The number of nitrogens with zero attached hydrogens (tertiary/aromatic N) is 3. The van der Waals surface area contributed by atoms with Crippen LogP contribution in [0.2, 0.25) is 0 Å². The molecule has 0 radical (unpaired) electrons. The highest BCUT2D eigenvalue weighted by Gasteiger charge is 2.07. The van der Waals surface area contributed by atoms with E-state index in [-0.39, 0.29) is 17.1 Å². The van der Waals surface area contributed by atoms with Crippen LogP contribution in [0.1, 0.15) is 0 Å². The van der Waals surface area contributed by atoms with E-state index < -0.39 is 9.85 Å². The SMILES string of the molecule is Nc1ccccc1N=O.Nc1ccccc1[N+](=O)[O-].O=[N+]([O-])c1ccccc1. The number of hydrogen-bond acceptors (Lipinski definition) is 8. The van der Waals surface area contributed by atoms with Crippen molar-refractivity contribution in [2.45, 2.75) is 0 Å². The number of para-hydroxylation sites is 4. The molecule has 0 aliphatic heterocycles. The summed E-state index contributed by atoms with van der Waals surface area (Å²) >= 11 is 0. The zero-order valence-electron chi connectivity index (χ0n) is 14.5. The average molecular weight is 383 g/mol. The van der Waals surface area contributed by atoms with Gasteiger partial charge in [-0.15, -0.1) is 4.91 Å². The van der Waals surface area contributed by atoms with Gasteiger partial charge in [-0.25, -0.2) is 0 Å². The number of benzene rings is 3. The van der Waals surface area contributed by atoms with Crippen LogP contribution in [-0.4, -0.2) is 9.85 Å². The first-order valence-electron chi connectivity index (χ1n) is 7.73. The molecular weight excluding hydrogens is 366 g/mol. The highest BCUT2D eigenvalue weighted by molar-refractivity contribution is 5.61. The van der Waals surface area contributed by atoms with Gasteiger partial charge in [0, 0.05) is 18.2 Å². The lowest BCUT2D eigenvalue weighted by molar-refractivity contribution is -0.384. The predicted molar refractivity (Wildman–Crippen MR) is 107 cm³/mol. The Hall–Kier alpha value is -4.34. The Labute approximate surface area is 159 Å². The molecule has 0 atom stereocenters. The first-order valence-corrected chi connectivity index (χ1v) is 7.73. The predicted octanol–water partition coefficient (Wildman–Crippen LogP) is 4.44. The van der Waals surface area contributed by atoms with Gasteiger partial charge in [0.05, 0.1) is 15.5 Å². The number of rotatable bonds is 3. The zero-order valence-corrected chi connectivity index (χ0v) is 14.5. The number of nitrogen functional groups attached to an aromatic ring is 2. The van der Waals surface area contributed by atoms with Crippen molar-refractivity contribution in [3.63, 3.8) is 0 Å². The minimum atomic E-state index is -0.505. The molecule has 0 saturated heterocycles. The third-order valence-electron chi connectivity index (χ3n) is 3.14. The third-order valence-corrected chi connectivity index (χ3v) is 3.14. The van der Waals surface area contributed by atoms with E-state index in [0.717, 1.165) is 0 Å². The van der Waals surface area contributed by atoms with Crippen LogP contribution in [0.4, 0.5) is 28.4 Å². The molecule has 0 heterocycles. The van der Waals surface area contributed by atoms with Crippen LogP contribution in [0.25, 0.3) is 0 Å². The summed E-state index contributed by atoms with van der Waals surface area (Å²) in [6.07, 6.45) is 0. The second-order valence-electron chi connectivity index (χ2n) is 5.06. The molecule has 4 N–H and O–H groups in total. The first-order chi connectivity index (χ1) is 13.4. The Balaban J connectivity index is 0.000000210. The Morgan fingerprint density at radius 1 is 0.679 bits per heavy atom. The fourth-order valence-electron chi connectivity index (χ4n) is 1.77. The summed E-state index contributed by atoms with van der Waals surface area (Å²) in [5.41, 5.74) is 11.6. The molecule has 0 bridgehead atoms. The van der Waals surface area contributed by atoms with E-state index in [4.69, 9.17) is 11.5 Å². The maximum atomic E-state index is 10.1. The molecular formula is C18H17N5O5. The minimum Gasteiger partial charge on any atom is -0.397 e. The van der Waals surface area contributed by atoms with Crippen molar-refractivity contribution in [3.8, 4) is 0 Å². The second kappa shape index (κ2) is 11.3. The third kappa shape index (κ3) is 7.27. The molecule has 0 fully saturated rings. The average Bonchev–Trinajstić information content (AvgIpc) is 2.70. The summed E-state index contributed by atoms with van der Waals surface area (Å²) in [6.45, 7) is 0. The Bertz CT molecular complexity index is 934. The van der Waals surface area contributed by atoms with Gasteiger partial charge in [0.25, 0.3) is 11.4 Å². The number of nitro benzene ring substituents is 2. The molecule has 3 rings (SSSR count). The molecule has 28 heavy (non-hydrogen) atoms. The normalized spacial score (nSPS) is 9.00. The lowest BCUT2D eigenvalue weighted by Crippen LogP contribution is -1.93. The second-order valence-corrected chi connectivity index (χ2v) is 5.06. The largest absolute Gasteiger partial charge is 0.397 e. The van der Waals surface area contributed by atoms with Crippen LogP contribution in [0.3, 0.4) is 0 Å². The number of anilines is 2. The molecule has 0 amide bonds. The number of nitro groups is 2. The lowest BCUT2D eigenvalue weighted by atomic mass is 10.3. The van der Waals surface area contributed by atoms with Gasteiger partial charge in [0.15, 0.2) is 0 Å². The molecule has 144 valence electrons. The molecule has 0 aliphatic rings. The van der Waals surface area contributed by atoms with Gasteiger partial charge in [0.1, 0.15) is 11.4 Å². The number of nitrogens with two attached hydrogens (primary N) is 2. The first kappa shape index (κ1) is 21.7. The zero-order chi connectivity index (χ0) is 20.9. The lowest BCUT2D eigenvalue weighted by Gasteiger charge is -1.92. The molecule has 3 aromatic carbocycles. The van der Waals surface area contributed by atoms with Crippen molar-refractivity contribution < 1.29 is 9.85 Å². The van der Waals surface area contributed by atoms with Gasteiger partial charge < -0.3 is 11.5 Å². The van der Waals surface area contributed by atoms with E-state index >= 15 is 0 Å². The van der Waals surface area contributed by atoms with E-state index in [9.17, 15) is 25.1 Å². The van der Waals surface area contributed by atoms with E-state index in [1.807, 2.05) is 0 Å². The number of non-ortho nitro benzene ring substituents is 1. The Morgan fingerprint density at radius 2 is 1.18 bits per heavy atom. The Kier molecular flexibility index (Phi) is 8.77. The van der Waals surface area contributed by atoms with Gasteiger partial charge in [-0.1, -0.05) is 42.5 Å². The molecule has 0 aromatic heterocycles. The van der Waals surface area contributed by atoms with E-state index in [1.54, 1.807) is 54.6 Å². The molecule has 0 saturated carbocycles. The van der Waals surface area contributed by atoms with Gasteiger partial charge in [0.2, 0.25) is 0 Å². The minimum absolute atomic E-state index is 0.0394. The Morgan fingerprint density at radius 3 is 1.54 bits per heavy atom. The summed E-state index contributed by atoms with van der Waals surface area (Å²) in [5.74, 6) is 0. The monoisotopic (exact) mass is 383 g/mol. The molecule has 0 spiro atoms. The van der Waals surface area contributed by atoms with Crippen molar-refractivity contribution in [2.75, 3.05) is 11.5 Å². The van der Waals surface area contributed by atoms with Crippen LogP contribution in [0.15, 0.2) is 84.0 Å². The van der Waals surface area contributed by atoms with Crippen LogP contribution < -0.4 is 11.5 Å².